The predicted molar refractivity (Wildman–Crippen MR) is 110 cm³/mol. The minimum absolute atomic E-state index is 0.0177. The van der Waals surface area contributed by atoms with Gasteiger partial charge in [-0.25, -0.2) is 9.86 Å². The number of hydrogen-bond donors (Lipinski definition) is 2. The molecule has 0 bridgehead atoms. The summed E-state index contributed by atoms with van der Waals surface area (Å²) in [6.07, 6.45) is 1.00. The van der Waals surface area contributed by atoms with E-state index in [1.54, 1.807) is 12.1 Å². The zero-order chi connectivity index (χ0) is 20.6. The van der Waals surface area contributed by atoms with Gasteiger partial charge in [-0.3, -0.25) is 10.0 Å². The third-order valence-electron chi connectivity index (χ3n) is 4.95. The van der Waals surface area contributed by atoms with Crippen LogP contribution in [0.1, 0.15) is 22.8 Å². The molecule has 1 saturated heterocycles. The Hall–Kier alpha value is -2.90. The van der Waals surface area contributed by atoms with Crippen molar-refractivity contribution in [2.75, 3.05) is 39.4 Å². The molecule has 1 fully saturated rings. The quantitative estimate of drug-likeness (QED) is 0.580. The summed E-state index contributed by atoms with van der Waals surface area (Å²) in [5.74, 6) is -0.245. The van der Waals surface area contributed by atoms with E-state index < -0.39 is 6.03 Å². The third kappa shape index (κ3) is 5.56. The summed E-state index contributed by atoms with van der Waals surface area (Å²) < 4.78 is 5.19. The van der Waals surface area contributed by atoms with E-state index in [0.29, 0.717) is 36.9 Å². The Labute approximate surface area is 170 Å². The lowest BCUT2D eigenvalue weighted by Gasteiger charge is -2.29. The lowest BCUT2D eigenvalue weighted by molar-refractivity contribution is -0.0642. The number of nitrogens with one attached hydrogen (secondary N) is 1. The van der Waals surface area contributed by atoms with Crippen molar-refractivity contribution in [2.45, 2.75) is 13.3 Å². The summed E-state index contributed by atoms with van der Waals surface area (Å²) in [5.41, 5.74) is 3.96. The lowest BCUT2D eigenvalue weighted by atomic mass is 10.0. The molecule has 0 aliphatic carbocycles. The first-order chi connectivity index (χ1) is 14.1. The Bertz CT molecular complexity index is 815. The highest BCUT2D eigenvalue weighted by molar-refractivity contribution is 5.94. The number of aryl methyl sites for hydroxylation is 1. The van der Waals surface area contributed by atoms with Crippen LogP contribution in [-0.2, 0) is 11.2 Å². The minimum atomic E-state index is -0.471. The van der Waals surface area contributed by atoms with Gasteiger partial charge in [-0.05, 0) is 35.2 Å². The van der Waals surface area contributed by atoms with Crippen molar-refractivity contribution in [3.8, 4) is 11.1 Å². The standard InChI is InChI=1S/C22H27N3O4/c1-2-17-3-5-18(6-4-17)19-7-9-20(10-8-19)21(26)23-11-12-25(28)22(27)24-13-15-29-16-14-24/h3-10,28H,2,11-16H2,1H3,(H,23,26). The van der Waals surface area contributed by atoms with Gasteiger partial charge in [0.2, 0.25) is 0 Å². The van der Waals surface area contributed by atoms with Gasteiger partial charge in [0.15, 0.2) is 0 Å². The molecular weight excluding hydrogens is 370 g/mol. The van der Waals surface area contributed by atoms with Gasteiger partial charge >= 0.3 is 6.03 Å². The second-order valence-electron chi connectivity index (χ2n) is 6.89. The Balaban J connectivity index is 1.48. The van der Waals surface area contributed by atoms with Gasteiger partial charge in [-0.1, -0.05) is 43.3 Å². The second kappa shape index (κ2) is 10.0. The fraction of sp³-hybridized carbons (Fsp3) is 0.364. The molecule has 0 saturated carbocycles. The highest BCUT2D eigenvalue weighted by Gasteiger charge is 2.21. The van der Waals surface area contributed by atoms with Crippen LogP contribution in [0.5, 0.6) is 0 Å². The average molecular weight is 397 g/mol. The Morgan fingerprint density at radius 3 is 2.21 bits per heavy atom. The molecule has 7 heteroatoms. The number of hydroxylamine groups is 2. The van der Waals surface area contributed by atoms with Crippen LogP contribution in [0.25, 0.3) is 11.1 Å². The molecular formula is C22H27N3O4. The van der Waals surface area contributed by atoms with E-state index in [-0.39, 0.29) is 19.0 Å². The van der Waals surface area contributed by atoms with Gasteiger partial charge in [0, 0.05) is 25.2 Å². The molecule has 0 radical (unpaired) electrons. The maximum absolute atomic E-state index is 12.3. The SMILES string of the molecule is CCc1ccc(-c2ccc(C(=O)NCCN(O)C(=O)N3CCOCC3)cc2)cc1. The van der Waals surface area contributed by atoms with Crippen molar-refractivity contribution in [1.29, 1.82) is 0 Å². The van der Waals surface area contributed by atoms with Crippen molar-refractivity contribution in [3.05, 3.63) is 59.7 Å². The molecule has 1 aliphatic heterocycles. The number of benzene rings is 2. The molecule has 1 heterocycles. The highest BCUT2D eigenvalue weighted by Crippen LogP contribution is 2.20. The number of ether oxygens (including phenoxy) is 1. The molecule has 3 amide bonds. The van der Waals surface area contributed by atoms with Gasteiger partial charge in [0.25, 0.3) is 5.91 Å². The molecule has 0 atom stereocenters. The molecule has 2 N–H and O–H groups in total. The summed E-state index contributed by atoms with van der Waals surface area (Å²) in [6, 6.07) is 15.3. The summed E-state index contributed by atoms with van der Waals surface area (Å²) in [7, 11) is 0. The van der Waals surface area contributed by atoms with Crippen LogP contribution in [0.15, 0.2) is 48.5 Å². The van der Waals surface area contributed by atoms with Crippen molar-refractivity contribution in [1.82, 2.24) is 15.3 Å². The summed E-state index contributed by atoms with van der Waals surface area (Å²) in [4.78, 5) is 25.9. The van der Waals surface area contributed by atoms with Gasteiger partial charge < -0.3 is 15.0 Å². The number of morpholine rings is 1. The van der Waals surface area contributed by atoms with E-state index in [0.717, 1.165) is 17.5 Å². The Kier molecular flexibility index (Phi) is 7.21. The molecule has 0 spiro atoms. The average Bonchev–Trinajstić information content (AvgIpc) is 2.79. The van der Waals surface area contributed by atoms with Crippen LogP contribution in [0.2, 0.25) is 0 Å². The van der Waals surface area contributed by atoms with Gasteiger partial charge in [0.1, 0.15) is 0 Å². The molecule has 7 nitrogen and oxygen atoms in total. The van der Waals surface area contributed by atoms with Crippen LogP contribution >= 0.6 is 0 Å². The number of carbonyl (C=O) groups is 2. The van der Waals surface area contributed by atoms with Crippen molar-refractivity contribution >= 4 is 11.9 Å². The van der Waals surface area contributed by atoms with E-state index in [1.165, 1.54) is 10.5 Å². The Morgan fingerprint density at radius 2 is 1.62 bits per heavy atom. The van der Waals surface area contributed by atoms with E-state index in [2.05, 4.69) is 36.5 Å². The fourth-order valence-electron chi connectivity index (χ4n) is 3.14. The first-order valence-corrected chi connectivity index (χ1v) is 9.89. The zero-order valence-electron chi connectivity index (χ0n) is 16.6. The highest BCUT2D eigenvalue weighted by atomic mass is 16.5. The van der Waals surface area contributed by atoms with Crippen molar-refractivity contribution in [2.24, 2.45) is 0 Å². The number of hydrogen-bond acceptors (Lipinski definition) is 4. The summed E-state index contributed by atoms with van der Waals surface area (Å²) in [5, 5.41) is 13.3. The smallest absolute Gasteiger partial charge is 0.343 e. The molecule has 0 unspecified atom stereocenters. The predicted octanol–water partition coefficient (Wildman–Crippen LogP) is 2.79. The molecule has 29 heavy (non-hydrogen) atoms. The Morgan fingerprint density at radius 1 is 1.03 bits per heavy atom. The second-order valence-corrected chi connectivity index (χ2v) is 6.89. The molecule has 2 aromatic carbocycles. The molecule has 0 aromatic heterocycles. The third-order valence-corrected chi connectivity index (χ3v) is 4.95. The number of rotatable bonds is 6. The van der Waals surface area contributed by atoms with Gasteiger partial charge in [-0.15, -0.1) is 0 Å². The first-order valence-electron chi connectivity index (χ1n) is 9.89. The van der Waals surface area contributed by atoms with Crippen LogP contribution in [0.4, 0.5) is 4.79 Å². The number of amides is 3. The first kappa shape index (κ1) is 20.8. The van der Waals surface area contributed by atoms with E-state index >= 15 is 0 Å². The van der Waals surface area contributed by atoms with E-state index in [4.69, 9.17) is 4.74 Å². The van der Waals surface area contributed by atoms with Crippen LogP contribution in [0.3, 0.4) is 0 Å². The van der Waals surface area contributed by atoms with Crippen LogP contribution < -0.4 is 5.32 Å². The van der Waals surface area contributed by atoms with Crippen LogP contribution in [0, 0.1) is 0 Å². The van der Waals surface area contributed by atoms with Crippen molar-refractivity contribution in [3.63, 3.8) is 0 Å². The molecule has 154 valence electrons. The zero-order valence-corrected chi connectivity index (χ0v) is 16.6. The molecule has 3 rings (SSSR count). The van der Waals surface area contributed by atoms with Gasteiger partial charge in [-0.2, -0.15) is 0 Å². The summed E-state index contributed by atoms with van der Waals surface area (Å²) in [6.45, 7) is 4.14. The van der Waals surface area contributed by atoms with E-state index in [9.17, 15) is 14.8 Å². The largest absolute Gasteiger partial charge is 0.378 e. The molecule has 1 aliphatic rings. The molecule has 2 aromatic rings. The van der Waals surface area contributed by atoms with Gasteiger partial charge in [0.05, 0.1) is 19.8 Å². The summed E-state index contributed by atoms with van der Waals surface area (Å²) >= 11 is 0. The minimum Gasteiger partial charge on any atom is -0.378 e. The number of urea groups is 1. The maximum Gasteiger partial charge on any atom is 0.343 e. The number of nitrogens with zero attached hydrogens (tertiary/aromatic N) is 2. The van der Waals surface area contributed by atoms with Crippen LogP contribution in [-0.4, -0.2) is 66.5 Å². The monoisotopic (exact) mass is 397 g/mol. The van der Waals surface area contributed by atoms with Crippen molar-refractivity contribution < 1.29 is 19.5 Å². The lowest BCUT2D eigenvalue weighted by Crippen LogP contribution is -2.48. The fourth-order valence-corrected chi connectivity index (χ4v) is 3.14. The van der Waals surface area contributed by atoms with E-state index in [1.807, 2.05) is 12.1 Å². The normalized spacial score (nSPS) is 13.8. The maximum atomic E-state index is 12.3. The number of carbonyl (C=O) groups excluding carboxylic acids is 2. The topological polar surface area (TPSA) is 82.1 Å².